The molecule has 0 aromatic rings. The minimum atomic E-state index is 0.194. The zero-order chi connectivity index (χ0) is 13.3. The van der Waals surface area contributed by atoms with E-state index in [1.54, 1.807) is 0 Å². The molecule has 2 N–H and O–H groups in total. The Morgan fingerprint density at radius 1 is 1.24 bits per heavy atom. The van der Waals surface area contributed by atoms with E-state index in [1.807, 2.05) is 0 Å². The summed E-state index contributed by atoms with van der Waals surface area (Å²) in [6.45, 7) is 15.4. The number of rotatable bonds is 9. The first-order valence-corrected chi connectivity index (χ1v) is 6.97. The fourth-order valence-corrected chi connectivity index (χ4v) is 1.80. The summed E-state index contributed by atoms with van der Waals surface area (Å²) < 4.78 is 0. The van der Waals surface area contributed by atoms with E-state index >= 15 is 0 Å². The number of nitrogens with zero attached hydrogens (tertiary/aromatic N) is 1. The highest BCUT2D eigenvalue weighted by molar-refractivity contribution is 4.73. The van der Waals surface area contributed by atoms with Gasteiger partial charge in [-0.2, -0.15) is 0 Å². The van der Waals surface area contributed by atoms with Crippen LogP contribution in [0, 0.1) is 5.92 Å². The first kappa shape index (κ1) is 16.9. The van der Waals surface area contributed by atoms with E-state index in [9.17, 15) is 0 Å². The fraction of sp³-hybridized carbons (Fsp3) is 1.00. The van der Waals surface area contributed by atoms with Gasteiger partial charge in [-0.15, -0.1) is 0 Å². The van der Waals surface area contributed by atoms with Crippen molar-refractivity contribution in [3.63, 3.8) is 0 Å². The molecule has 0 aliphatic rings. The van der Waals surface area contributed by atoms with Gasteiger partial charge in [-0.25, -0.2) is 0 Å². The molecule has 0 aromatic heterocycles. The lowest BCUT2D eigenvalue weighted by atomic mass is 10.1. The molecule has 0 heterocycles. The molecule has 1 atom stereocenters. The standard InChI is InChI=1S/C14H32N2O/c1-6-7-8-16(9-10-17)12-13(2)11-15-14(3,4)5/h13,15,17H,6-12H2,1-5H3. The van der Waals surface area contributed by atoms with Crippen molar-refractivity contribution in [2.45, 2.75) is 53.0 Å². The lowest BCUT2D eigenvalue weighted by Gasteiger charge is -2.28. The van der Waals surface area contributed by atoms with E-state index in [4.69, 9.17) is 5.11 Å². The van der Waals surface area contributed by atoms with Crippen LogP contribution in [0.4, 0.5) is 0 Å². The van der Waals surface area contributed by atoms with Gasteiger partial charge < -0.3 is 15.3 Å². The molecule has 0 aromatic carbocycles. The van der Waals surface area contributed by atoms with Crippen LogP contribution in [0.1, 0.15) is 47.5 Å². The fourth-order valence-electron chi connectivity index (χ4n) is 1.80. The van der Waals surface area contributed by atoms with Crippen LogP contribution < -0.4 is 5.32 Å². The topological polar surface area (TPSA) is 35.5 Å². The second kappa shape index (κ2) is 8.90. The third kappa shape index (κ3) is 10.7. The Bertz CT molecular complexity index is 178. The van der Waals surface area contributed by atoms with Crippen molar-refractivity contribution in [2.75, 3.05) is 32.8 Å². The second-order valence-corrected chi connectivity index (χ2v) is 6.11. The number of aliphatic hydroxyl groups excluding tert-OH is 1. The minimum Gasteiger partial charge on any atom is -0.395 e. The van der Waals surface area contributed by atoms with Gasteiger partial charge >= 0.3 is 0 Å². The maximum atomic E-state index is 9.05. The zero-order valence-electron chi connectivity index (χ0n) is 12.4. The summed E-state index contributed by atoms with van der Waals surface area (Å²) in [7, 11) is 0. The SMILES string of the molecule is CCCCN(CCO)CC(C)CNC(C)(C)C. The van der Waals surface area contributed by atoms with Crippen LogP contribution >= 0.6 is 0 Å². The van der Waals surface area contributed by atoms with E-state index in [-0.39, 0.29) is 12.1 Å². The van der Waals surface area contributed by atoms with Crippen molar-refractivity contribution < 1.29 is 5.11 Å². The molecule has 0 radical (unpaired) electrons. The third-order valence-electron chi connectivity index (χ3n) is 2.79. The molecular weight excluding hydrogens is 212 g/mol. The second-order valence-electron chi connectivity index (χ2n) is 6.11. The van der Waals surface area contributed by atoms with Crippen LogP contribution in [0.25, 0.3) is 0 Å². The average Bonchev–Trinajstić information content (AvgIpc) is 2.22. The smallest absolute Gasteiger partial charge is 0.0558 e. The Morgan fingerprint density at radius 2 is 1.88 bits per heavy atom. The van der Waals surface area contributed by atoms with Crippen LogP contribution in [0.5, 0.6) is 0 Å². The molecule has 0 saturated carbocycles. The number of hydrogen-bond acceptors (Lipinski definition) is 3. The van der Waals surface area contributed by atoms with E-state index < -0.39 is 0 Å². The molecule has 0 spiro atoms. The monoisotopic (exact) mass is 244 g/mol. The Morgan fingerprint density at radius 3 is 2.35 bits per heavy atom. The van der Waals surface area contributed by atoms with Crippen LogP contribution in [0.15, 0.2) is 0 Å². The van der Waals surface area contributed by atoms with Gasteiger partial charge in [0.15, 0.2) is 0 Å². The van der Waals surface area contributed by atoms with Crippen LogP contribution in [0.2, 0.25) is 0 Å². The number of hydrogen-bond donors (Lipinski definition) is 2. The molecule has 0 rings (SSSR count). The van der Waals surface area contributed by atoms with E-state index in [1.165, 1.54) is 12.8 Å². The van der Waals surface area contributed by atoms with Gasteiger partial charge in [-0.3, -0.25) is 0 Å². The molecule has 0 aliphatic carbocycles. The first-order chi connectivity index (χ1) is 7.89. The average molecular weight is 244 g/mol. The molecule has 104 valence electrons. The van der Waals surface area contributed by atoms with Crippen molar-refractivity contribution >= 4 is 0 Å². The predicted octanol–water partition coefficient (Wildman–Crippen LogP) is 2.10. The van der Waals surface area contributed by atoms with Crippen LogP contribution in [-0.4, -0.2) is 48.3 Å². The molecule has 0 aliphatic heterocycles. The molecule has 17 heavy (non-hydrogen) atoms. The van der Waals surface area contributed by atoms with Crippen molar-refractivity contribution in [1.82, 2.24) is 10.2 Å². The predicted molar refractivity (Wildman–Crippen MR) is 75.4 cm³/mol. The highest BCUT2D eigenvalue weighted by atomic mass is 16.3. The van der Waals surface area contributed by atoms with Crippen LogP contribution in [-0.2, 0) is 0 Å². The quantitative estimate of drug-likeness (QED) is 0.652. The van der Waals surface area contributed by atoms with Gasteiger partial charge in [0.1, 0.15) is 0 Å². The van der Waals surface area contributed by atoms with Gasteiger partial charge in [-0.05, 0) is 46.2 Å². The van der Waals surface area contributed by atoms with Crippen molar-refractivity contribution in [3.8, 4) is 0 Å². The summed E-state index contributed by atoms with van der Waals surface area (Å²) in [5, 5.41) is 12.6. The first-order valence-electron chi connectivity index (χ1n) is 6.97. The maximum Gasteiger partial charge on any atom is 0.0558 e. The molecule has 0 saturated heterocycles. The highest BCUT2D eigenvalue weighted by Crippen LogP contribution is 2.04. The van der Waals surface area contributed by atoms with Gasteiger partial charge in [0, 0.05) is 18.6 Å². The number of unbranched alkanes of at least 4 members (excludes halogenated alkanes) is 1. The Labute approximate surface area is 108 Å². The Kier molecular flexibility index (Phi) is 8.83. The largest absolute Gasteiger partial charge is 0.395 e. The lowest BCUT2D eigenvalue weighted by Crippen LogP contribution is -2.42. The van der Waals surface area contributed by atoms with E-state index in [0.717, 1.165) is 26.2 Å². The molecule has 0 fully saturated rings. The normalized spacial score (nSPS) is 14.3. The lowest BCUT2D eigenvalue weighted by molar-refractivity contribution is 0.173. The molecule has 0 bridgehead atoms. The number of nitrogens with one attached hydrogen (secondary N) is 1. The van der Waals surface area contributed by atoms with E-state index in [0.29, 0.717) is 5.92 Å². The van der Waals surface area contributed by atoms with Crippen LogP contribution in [0.3, 0.4) is 0 Å². The molecule has 3 heteroatoms. The maximum absolute atomic E-state index is 9.05. The summed E-state index contributed by atoms with van der Waals surface area (Å²) in [5.74, 6) is 0.623. The molecule has 0 amide bonds. The summed E-state index contributed by atoms with van der Waals surface area (Å²) in [6, 6.07) is 0. The van der Waals surface area contributed by atoms with Crippen molar-refractivity contribution in [1.29, 1.82) is 0 Å². The molecular formula is C14H32N2O. The highest BCUT2D eigenvalue weighted by Gasteiger charge is 2.13. The van der Waals surface area contributed by atoms with Gasteiger partial charge in [0.05, 0.1) is 6.61 Å². The van der Waals surface area contributed by atoms with Gasteiger partial charge in [-0.1, -0.05) is 20.3 Å². The minimum absolute atomic E-state index is 0.194. The summed E-state index contributed by atoms with van der Waals surface area (Å²) in [6.07, 6.45) is 2.44. The third-order valence-corrected chi connectivity index (χ3v) is 2.79. The number of aliphatic hydroxyl groups is 1. The van der Waals surface area contributed by atoms with Gasteiger partial charge in [0.2, 0.25) is 0 Å². The molecule has 3 nitrogen and oxygen atoms in total. The summed E-state index contributed by atoms with van der Waals surface area (Å²) in [4.78, 5) is 2.37. The summed E-state index contributed by atoms with van der Waals surface area (Å²) >= 11 is 0. The molecule has 1 unspecified atom stereocenters. The Balaban J connectivity index is 3.89. The Hall–Kier alpha value is -0.120. The summed E-state index contributed by atoms with van der Waals surface area (Å²) in [5.41, 5.74) is 0.194. The van der Waals surface area contributed by atoms with Crippen molar-refractivity contribution in [3.05, 3.63) is 0 Å². The zero-order valence-corrected chi connectivity index (χ0v) is 12.4. The van der Waals surface area contributed by atoms with E-state index in [2.05, 4.69) is 44.8 Å². The van der Waals surface area contributed by atoms with Gasteiger partial charge in [0.25, 0.3) is 0 Å². The van der Waals surface area contributed by atoms with Crippen molar-refractivity contribution in [2.24, 2.45) is 5.92 Å².